The Hall–Kier alpha value is -2.74. The van der Waals surface area contributed by atoms with E-state index in [0.29, 0.717) is 29.1 Å². The minimum absolute atomic E-state index is 0.0724. The van der Waals surface area contributed by atoms with Gasteiger partial charge in [0.25, 0.3) is 5.91 Å². The number of hydrogen-bond donors (Lipinski definition) is 2. The molecule has 7 nitrogen and oxygen atoms in total. The summed E-state index contributed by atoms with van der Waals surface area (Å²) in [5.41, 5.74) is 1.43. The largest absolute Gasteiger partial charge is 0.366 e. The summed E-state index contributed by atoms with van der Waals surface area (Å²) >= 11 is 0. The van der Waals surface area contributed by atoms with Crippen LogP contribution >= 0.6 is 0 Å². The van der Waals surface area contributed by atoms with Crippen molar-refractivity contribution in [2.45, 2.75) is 19.4 Å². The van der Waals surface area contributed by atoms with Gasteiger partial charge in [-0.3, -0.25) is 9.59 Å². The third-order valence-corrected chi connectivity index (χ3v) is 5.90. The third kappa shape index (κ3) is 4.45. The highest BCUT2D eigenvalue weighted by Gasteiger charge is 2.28. The Bertz CT molecular complexity index is 956. The summed E-state index contributed by atoms with van der Waals surface area (Å²) < 4.78 is 23.1. The van der Waals surface area contributed by atoms with E-state index in [4.69, 9.17) is 0 Å². The van der Waals surface area contributed by atoms with Gasteiger partial charge in [-0.25, -0.2) is 13.4 Å². The van der Waals surface area contributed by atoms with Crippen LogP contribution in [0.2, 0.25) is 0 Å². The summed E-state index contributed by atoms with van der Waals surface area (Å²) in [6.07, 6.45) is 2.02. The Morgan fingerprint density at radius 2 is 1.96 bits per heavy atom. The molecule has 1 aliphatic heterocycles. The fourth-order valence-corrected chi connectivity index (χ4v) is 4.46. The summed E-state index contributed by atoms with van der Waals surface area (Å²) in [6.45, 7) is 1.46. The molecule has 0 saturated carbocycles. The maximum atomic E-state index is 12.4. The number of anilines is 2. The van der Waals surface area contributed by atoms with Crippen LogP contribution in [0.4, 0.5) is 11.5 Å². The molecule has 1 atom stereocenters. The van der Waals surface area contributed by atoms with Crippen LogP contribution in [0.25, 0.3) is 0 Å². The first-order valence-corrected chi connectivity index (χ1v) is 10.00. The zero-order chi connectivity index (χ0) is 18.7. The van der Waals surface area contributed by atoms with Gasteiger partial charge >= 0.3 is 0 Å². The maximum absolute atomic E-state index is 12.4. The number of benzene rings is 1. The van der Waals surface area contributed by atoms with Gasteiger partial charge in [0, 0.05) is 29.1 Å². The van der Waals surface area contributed by atoms with Crippen molar-refractivity contribution in [3.05, 3.63) is 53.7 Å². The van der Waals surface area contributed by atoms with Crippen molar-refractivity contribution in [2.24, 2.45) is 0 Å². The Kier molecular flexibility index (Phi) is 5.03. The van der Waals surface area contributed by atoms with Crippen molar-refractivity contribution in [3.63, 3.8) is 0 Å². The summed E-state index contributed by atoms with van der Waals surface area (Å²) in [5, 5.41) is 5.81. The molecule has 2 N–H and O–H groups in total. The number of aromatic nitrogens is 1. The van der Waals surface area contributed by atoms with Crippen molar-refractivity contribution in [1.82, 2.24) is 4.98 Å². The number of rotatable bonds is 5. The molecule has 0 radical (unpaired) electrons. The topological polar surface area (TPSA) is 105 Å². The minimum Gasteiger partial charge on any atom is -0.366 e. The molecule has 1 aromatic carbocycles. The first-order chi connectivity index (χ1) is 12.3. The number of carbonyl (C=O) groups excluding carboxylic acids is 2. The lowest BCUT2D eigenvalue weighted by Crippen LogP contribution is -2.21. The Morgan fingerprint density at radius 3 is 2.65 bits per heavy atom. The van der Waals surface area contributed by atoms with Crippen LogP contribution in [0.5, 0.6) is 0 Å². The van der Waals surface area contributed by atoms with Crippen molar-refractivity contribution in [2.75, 3.05) is 22.1 Å². The molecule has 1 unspecified atom stereocenters. The second-order valence-corrected chi connectivity index (χ2v) is 8.49. The monoisotopic (exact) mass is 373 g/mol. The van der Waals surface area contributed by atoms with Crippen molar-refractivity contribution in [3.8, 4) is 0 Å². The molecule has 1 aromatic heterocycles. The van der Waals surface area contributed by atoms with Crippen LogP contribution in [0.3, 0.4) is 0 Å². The standard InChI is InChI=1S/C18H19N3O4S/c1-12(22)13-3-2-4-15(9-13)21-18(23)14-5-7-19-17(10-14)20-16-6-8-26(24,25)11-16/h2-5,7,9-10,16H,6,8,11H2,1H3,(H,19,20)(H,21,23). The van der Waals surface area contributed by atoms with Crippen LogP contribution in [-0.4, -0.2) is 42.6 Å². The van der Waals surface area contributed by atoms with Crippen LogP contribution < -0.4 is 10.6 Å². The highest BCUT2D eigenvalue weighted by molar-refractivity contribution is 7.91. The van der Waals surface area contributed by atoms with Crippen molar-refractivity contribution < 1.29 is 18.0 Å². The lowest BCUT2D eigenvalue weighted by atomic mass is 10.1. The maximum Gasteiger partial charge on any atom is 0.255 e. The van der Waals surface area contributed by atoms with Crippen LogP contribution in [0.15, 0.2) is 42.6 Å². The summed E-state index contributed by atoms with van der Waals surface area (Å²) in [5.74, 6) is 0.274. The zero-order valence-corrected chi connectivity index (χ0v) is 15.0. The molecule has 1 amide bonds. The van der Waals surface area contributed by atoms with E-state index in [0.717, 1.165) is 0 Å². The Labute approximate surface area is 151 Å². The van der Waals surface area contributed by atoms with E-state index in [9.17, 15) is 18.0 Å². The molecule has 1 saturated heterocycles. The average Bonchev–Trinajstić information content (AvgIpc) is 2.94. The first kappa shape index (κ1) is 18.1. The number of amides is 1. The summed E-state index contributed by atoms with van der Waals surface area (Å²) in [7, 11) is -2.99. The van der Waals surface area contributed by atoms with E-state index < -0.39 is 9.84 Å². The molecule has 1 fully saturated rings. The fourth-order valence-electron chi connectivity index (χ4n) is 2.79. The van der Waals surface area contributed by atoms with Gasteiger partial charge in [-0.15, -0.1) is 0 Å². The molecular weight excluding hydrogens is 354 g/mol. The predicted octanol–water partition coefficient (Wildman–Crippen LogP) is 2.14. The van der Waals surface area contributed by atoms with E-state index in [1.807, 2.05) is 0 Å². The SMILES string of the molecule is CC(=O)c1cccc(NC(=O)c2ccnc(NC3CCS(=O)(=O)C3)c2)c1. The highest BCUT2D eigenvalue weighted by Crippen LogP contribution is 2.18. The molecule has 0 bridgehead atoms. The lowest BCUT2D eigenvalue weighted by Gasteiger charge is -2.12. The number of nitrogens with zero attached hydrogens (tertiary/aromatic N) is 1. The number of hydrogen-bond acceptors (Lipinski definition) is 6. The van der Waals surface area contributed by atoms with Crippen LogP contribution in [0.1, 0.15) is 34.1 Å². The van der Waals surface area contributed by atoms with Gasteiger partial charge in [0.15, 0.2) is 15.6 Å². The van der Waals surface area contributed by atoms with Crippen molar-refractivity contribution in [1.29, 1.82) is 0 Å². The van der Waals surface area contributed by atoms with Crippen LogP contribution in [-0.2, 0) is 9.84 Å². The molecule has 2 heterocycles. The molecular formula is C18H19N3O4S. The number of pyridine rings is 1. The van der Waals surface area contributed by atoms with Gasteiger partial charge in [0.2, 0.25) is 0 Å². The Morgan fingerprint density at radius 1 is 1.15 bits per heavy atom. The first-order valence-electron chi connectivity index (χ1n) is 8.18. The summed E-state index contributed by atoms with van der Waals surface area (Å²) in [4.78, 5) is 28.0. The smallest absolute Gasteiger partial charge is 0.255 e. The fraction of sp³-hybridized carbons (Fsp3) is 0.278. The molecule has 136 valence electrons. The number of Topliss-reactive ketones (excluding diaryl/α,β-unsaturated/α-hetero) is 1. The van der Waals surface area contributed by atoms with E-state index in [1.165, 1.54) is 13.1 Å². The van der Waals surface area contributed by atoms with Gasteiger partial charge in [-0.05, 0) is 37.6 Å². The molecule has 1 aliphatic rings. The zero-order valence-electron chi connectivity index (χ0n) is 14.2. The quantitative estimate of drug-likeness (QED) is 0.778. The minimum atomic E-state index is -2.99. The van der Waals surface area contributed by atoms with Gasteiger partial charge < -0.3 is 10.6 Å². The van der Waals surface area contributed by atoms with Gasteiger partial charge in [0.1, 0.15) is 5.82 Å². The second kappa shape index (κ2) is 7.25. The van der Waals surface area contributed by atoms with E-state index in [-0.39, 0.29) is 29.2 Å². The van der Waals surface area contributed by atoms with Gasteiger partial charge in [0.05, 0.1) is 11.5 Å². The number of carbonyl (C=O) groups is 2. The van der Waals surface area contributed by atoms with Crippen LogP contribution in [0, 0.1) is 0 Å². The molecule has 8 heteroatoms. The predicted molar refractivity (Wildman–Crippen MR) is 99.3 cm³/mol. The summed E-state index contributed by atoms with van der Waals surface area (Å²) in [6, 6.07) is 9.65. The Balaban J connectivity index is 1.70. The molecule has 0 aliphatic carbocycles. The van der Waals surface area contributed by atoms with E-state index in [1.54, 1.807) is 36.4 Å². The van der Waals surface area contributed by atoms with Gasteiger partial charge in [-0.1, -0.05) is 12.1 Å². The molecule has 3 rings (SSSR count). The van der Waals surface area contributed by atoms with Gasteiger partial charge in [-0.2, -0.15) is 0 Å². The highest BCUT2D eigenvalue weighted by atomic mass is 32.2. The van der Waals surface area contributed by atoms with Crippen molar-refractivity contribution >= 4 is 33.0 Å². The number of sulfone groups is 1. The lowest BCUT2D eigenvalue weighted by molar-refractivity contribution is 0.101. The molecule has 26 heavy (non-hydrogen) atoms. The third-order valence-electron chi connectivity index (χ3n) is 4.13. The number of ketones is 1. The molecule has 2 aromatic rings. The molecule has 0 spiro atoms. The second-order valence-electron chi connectivity index (χ2n) is 6.27. The number of nitrogens with one attached hydrogen (secondary N) is 2. The van der Waals surface area contributed by atoms with E-state index in [2.05, 4.69) is 15.6 Å². The van der Waals surface area contributed by atoms with E-state index >= 15 is 0 Å². The normalized spacial score (nSPS) is 18.3. The average molecular weight is 373 g/mol.